The smallest absolute Gasteiger partial charge is 0.356 e. The van der Waals surface area contributed by atoms with Crippen LogP contribution in [-0.4, -0.2) is 48.0 Å². The Morgan fingerprint density at radius 3 is 2.56 bits per heavy atom. The maximum atomic E-state index is 10.8. The van der Waals surface area contributed by atoms with E-state index in [0.717, 1.165) is 12.5 Å². The zero-order valence-corrected chi connectivity index (χ0v) is 9.36. The van der Waals surface area contributed by atoms with Crippen molar-refractivity contribution >= 4 is 21.6 Å². The van der Waals surface area contributed by atoms with Gasteiger partial charge in [0, 0.05) is 12.8 Å². The Bertz CT molecular complexity index is 469. The van der Waals surface area contributed by atoms with Crippen molar-refractivity contribution in [3.05, 3.63) is 18.1 Å². The zero-order chi connectivity index (χ0) is 12.2. The monoisotopic (exact) mass is 245 g/mol. The molecular weight excluding hydrogens is 234 g/mol. The standard InChI is InChI=1S/C8H11N3O4S/c1-16(14,15)3-2-9-7-5-10-6(4-11-7)8(12)13/h4-5H,2-3H2,1H3,(H,9,11)(H,12,13). The highest BCUT2D eigenvalue weighted by Crippen LogP contribution is 2.00. The van der Waals surface area contributed by atoms with Crippen LogP contribution in [0.4, 0.5) is 5.82 Å². The lowest BCUT2D eigenvalue weighted by molar-refractivity contribution is 0.0690. The Labute approximate surface area is 92.5 Å². The van der Waals surface area contributed by atoms with Crippen molar-refractivity contribution in [3.8, 4) is 0 Å². The first-order valence-electron chi connectivity index (χ1n) is 4.35. The molecule has 0 atom stereocenters. The summed E-state index contributed by atoms with van der Waals surface area (Å²) in [7, 11) is -3.02. The van der Waals surface area contributed by atoms with Crippen molar-refractivity contribution in [1.82, 2.24) is 9.97 Å². The van der Waals surface area contributed by atoms with Crippen molar-refractivity contribution in [3.63, 3.8) is 0 Å². The molecular formula is C8H11N3O4S. The van der Waals surface area contributed by atoms with Gasteiger partial charge in [-0.3, -0.25) is 0 Å². The normalized spacial score (nSPS) is 11.1. The molecule has 1 rings (SSSR count). The average Bonchev–Trinajstić information content (AvgIpc) is 2.16. The van der Waals surface area contributed by atoms with Crippen LogP contribution in [0.1, 0.15) is 10.5 Å². The van der Waals surface area contributed by atoms with Gasteiger partial charge in [-0.15, -0.1) is 0 Å². The third-order valence-electron chi connectivity index (χ3n) is 1.65. The molecule has 0 aliphatic rings. The van der Waals surface area contributed by atoms with E-state index < -0.39 is 15.8 Å². The molecule has 0 saturated heterocycles. The van der Waals surface area contributed by atoms with Gasteiger partial charge >= 0.3 is 5.97 Å². The summed E-state index contributed by atoms with van der Waals surface area (Å²) in [6.07, 6.45) is 3.48. The Morgan fingerprint density at radius 1 is 1.44 bits per heavy atom. The topological polar surface area (TPSA) is 109 Å². The van der Waals surface area contributed by atoms with Crippen LogP contribution < -0.4 is 5.32 Å². The summed E-state index contributed by atoms with van der Waals surface area (Å²) in [6.45, 7) is 0.208. The number of nitrogens with one attached hydrogen (secondary N) is 1. The molecule has 0 bridgehead atoms. The third kappa shape index (κ3) is 4.22. The number of carboxylic acids is 1. The summed E-state index contributed by atoms with van der Waals surface area (Å²) in [5, 5.41) is 11.3. The number of aromatic carboxylic acids is 1. The molecule has 0 unspecified atom stereocenters. The number of hydrogen-bond acceptors (Lipinski definition) is 6. The fourth-order valence-electron chi connectivity index (χ4n) is 0.894. The van der Waals surface area contributed by atoms with E-state index in [1.54, 1.807) is 0 Å². The number of sulfone groups is 1. The molecule has 2 N–H and O–H groups in total. The van der Waals surface area contributed by atoms with Crippen molar-refractivity contribution in [2.75, 3.05) is 23.9 Å². The maximum absolute atomic E-state index is 10.8. The number of rotatable bonds is 5. The number of carboxylic acid groups (broad SMARTS) is 1. The molecule has 0 fully saturated rings. The zero-order valence-electron chi connectivity index (χ0n) is 8.54. The van der Waals surface area contributed by atoms with Crippen LogP contribution >= 0.6 is 0 Å². The van der Waals surface area contributed by atoms with Crippen LogP contribution in [0.5, 0.6) is 0 Å². The van der Waals surface area contributed by atoms with Gasteiger partial charge in [0.05, 0.1) is 18.1 Å². The van der Waals surface area contributed by atoms with Crippen molar-refractivity contribution in [2.24, 2.45) is 0 Å². The van der Waals surface area contributed by atoms with Crippen LogP contribution in [0.15, 0.2) is 12.4 Å². The molecule has 0 aliphatic heterocycles. The molecule has 7 nitrogen and oxygen atoms in total. The molecule has 88 valence electrons. The van der Waals surface area contributed by atoms with Crippen LogP contribution in [-0.2, 0) is 9.84 Å². The van der Waals surface area contributed by atoms with Gasteiger partial charge in [0.15, 0.2) is 5.69 Å². The number of aromatic nitrogens is 2. The second-order valence-corrected chi connectivity index (χ2v) is 5.41. The Morgan fingerprint density at radius 2 is 2.12 bits per heavy atom. The number of anilines is 1. The first-order valence-corrected chi connectivity index (χ1v) is 6.41. The summed E-state index contributed by atoms with van der Waals surface area (Å²) in [5.74, 6) is -0.834. The van der Waals surface area contributed by atoms with Crippen LogP contribution in [0.3, 0.4) is 0 Å². The van der Waals surface area contributed by atoms with E-state index >= 15 is 0 Å². The van der Waals surface area contributed by atoms with Gasteiger partial charge in [-0.25, -0.2) is 23.2 Å². The fourth-order valence-corrected chi connectivity index (χ4v) is 1.37. The van der Waals surface area contributed by atoms with Gasteiger partial charge in [-0.1, -0.05) is 0 Å². The van der Waals surface area contributed by atoms with E-state index in [1.807, 2.05) is 0 Å². The molecule has 0 aromatic carbocycles. The molecule has 1 heterocycles. The van der Waals surface area contributed by atoms with Crippen molar-refractivity contribution < 1.29 is 18.3 Å². The van der Waals surface area contributed by atoms with E-state index in [9.17, 15) is 13.2 Å². The van der Waals surface area contributed by atoms with E-state index in [4.69, 9.17) is 5.11 Å². The van der Waals surface area contributed by atoms with Gasteiger partial charge in [-0.05, 0) is 0 Å². The second kappa shape index (κ2) is 4.88. The first kappa shape index (κ1) is 12.4. The second-order valence-electron chi connectivity index (χ2n) is 3.15. The van der Waals surface area contributed by atoms with Crippen molar-refractivity contribution in [2.45, 2.75) is 0 Å². The minimum Gasteiger partial charge on any atom is -0.476 e. The fraction of sp³-hybridized carbons (Fsp3) is 0.375. The van der Waals surface area contributed by atoms with Gasteiger partial charge in [0.25, 0.3) is 0 Å². The van der Waals surface area contributed by atoms with Gasteiger partial charge in [-0.2, -0.15) is 0 Å². The Hall–Kier alpha value is -1.70. The van der Waals surface area contributed by atoms with E-state index in [1.165, 1.54) is 6.20 Å². The van der Waals surface area contributed by atoms with Gasteiger partial charge < -0.3 is 10.4 Å². The minimum atomic E-state index is -3.02. The summed E-state index contributed by atoms with van der Waals surface area (Å²) >= 11 is 0. The molecule has 8 heteroatoms. The molecule has 1 aromatic rings. The molecule has 1 aromatic heterocycles. The molecule has 0 spiro atoms. The molecule has 0 radical (unpaired) electrons. The lowest BCUT2D eigenvalue weighted by Crippen LogP contribution is -2.15. The maximum Gasteiger partial charge on any atom is 0.356 e. The highest BCUT2D eigenvalue weighted by Gasteiger charge is 2.05. The summed E-state index contributed by atoms with van der Waals surface area (Å²) < 4.78 is 21.6. The van der Waals surface area contributed by atoms with Crippen LogP contribution in [0.2, 0.25) is 0 Å². The van der Waals surface area contributed by atoms with E-state index in [0.29, 0.717) is 5.82 Å². The Balaban J connectivity index is 2.53. The average molecular weight is 245 g/mol. The summed E-state index contributed by atoms with van der Waals surface area (Å²) in [6, 6.07) is 0. The van der Waals surface area contributed by atoms with Gasteiger partial charge in [0.1, 0.15) is 15.7 Å². The van der Waals surface area contributed by atoms with E-state index in [-0.39, 0.29) is 18.0 Å². The van der Waals surface area contributed by atoms with Gasteiger partial charge in [0.2, 0.25) is 0 Å². The summed E-state index contributed by atoms with van der Waals surface area (Å²) in [5.41, 5.74) is -0.159. The molecule has 0 aliphatic carbocycles. The quantitative estimate of drug-likeness (QED) is 0.728. The Kier molecular flexibility index (Phi) is 3.78. The highest BCUT2D eigenvalue weighted by atomic mass is 32.2. The SMILES string of the molecule is CS(=O)(=O)CCNc1cnc(C(=O)O)cn1. The van der Waals surface area contributed by atoms with Crippen LogP contribution in [0, 0.1) is 0 Å². The van der Waals surface area contributed by atoms with Crippen molar-refractivity contribution in [1.29, 1.82) is 0 Å². The minimum absolute atomic E-state index is 0.0185. The first-order chi connectivity index (χ1) is 7.38. The number of hydrogen-bond donors (Lipinski definition) is 2. The predicted octanol–water partition coefficient (Wildman–Crippen LogP) is -0.369. The third-order valence-corrected chi connectivity index (χ3v) is 2.60. The largest absolute Gasteiger partial charge is 0.476 e. The highest BCUT2D eigenvalue weighted by molar-refractivity contribution is 7.90. The molecule has 16 heavy (non-hydrogen) atoms. The number of nitrogens with zero attached hydrogens (tertiary/aromatic N) is 2. The van der Waals surface area contributed by atoms with Crippen LogP contribution in [0.25, 0.3) is 0 Å². The lowest BCUT2D eigenvalue weighted by Gasteiger charge is -2.03. The number of carbonyl (C=O) groups is 1. The summed E-state index contributed by atoms with van der Waals surface area (Å²) in [4.78, 5) is 17.8. The van der Waals surface area contributed by atoms with E-state index in [2.05, 4.69) is 15.3 Å². The lowest BCUT2D eigenvalue weighted by atomic mass is 10.4. The predicted molar refractivity (Wildman–Crippen MR) is 57.2 cm³/mol. The molecule has 0 saturated carbocycles. The molecule has 0 amide bonds.